The molecule has 24 heavy (non-hydrogen) atoms. The van der Waals surface area contributed by atoms with Crippen LogP contribution in [-0.4, -0.2) is 31.2 Å². The quantitative estimate of drug-likeness (QED) is 0.725. The van der Waals surface area contributed by atoms with Crippen molar-refractivity contribution >= 4 is 11.6 Å². The van der Waals surface area contributed by atoms with Gasteiger partial charge in [0, 0.05) is 5.56 Å². The number of benzene rings is 1. The van der Waals surface area contributed by atoms with Crippen LogP contribution in [0.4, 0.5) is 5.69 Å². The highest BCUT2D eigenvalue weighted by atomic mass is 16.5. The van der Waals surface area contributed by atoms with Crippen LogP contribution in [0.25, 0.3) is 0 Å². The van der Waals surface area contributed by atoms with Gasteiger partial charge in [-0.25, -0.2) is 0 Å². The maximum Gasteiger partial charge on any atom is 0.239 e. The van der Waals surface area contributed by atoms with Crippen LogP contribution in [0.1, 0.15) is 24.0 Å². The number of rotatable bonds is 7. The van der Waals surface area contributed by atoms with Crippen LogP contribution in [0.5, 0.6) is 5.75 Å². The molecule has 0 saturated carbocycles. The monoisotopic (exact) mass is 332 g/mol. The maximum atomic E-state index is 12.0. The number of hydrogen-bond donors (Lipinski definition) is 3. The number of aryl methyl sites for hydroxylation is 2. The second-order valence-corrected chi connectivity index (χ2v) is 5.93. The van der Waals surface area contributed by atoms with Crippen LogP contribution >= 0.6 is 0 Å². The molecule has 0 spiro atoms. The number of furan rings is 1. The second kappa shape index (κ2) is 7.40. The first-order chi connectivity index (χ1) is 11.3. The summed E-state index contributed by atoms with van der Waals surface area (Å²) in [5.41, 5.74) is 0.225. The fourth-order valence-corrected chi connectivity index (χ4v) is 2.56. The Hall–Kier alpha value is -2.47. The Kier molecular flexibility index (Phi) is 5.51. The number of hydrogen-bond acceptors (Lipinski definition) is 5. The summed E-state index contributed by atoms with van der Waals surface area (Å²) in [6, 6.07) is 9.15. The standard InChI is InChI=1S/C18H24N2O4/c1-12-9-14(13(2)24-12)18(3,22)11-20-17(21)10-19-15-7-5-6-8-16(15)23-4/h5-9,19,22H,10-11H2,1-4H3,(H,20,21)/t18-/m1/s1. The Morgan fingerprint density at radius 1 is 1.33 bits per heavy atom. The van der Waals surface area contributed by atoms with Gasteiger partial charge in [-0.15, -0.1) is 0 Å². The highest BCUT2D eigenvalue weighted by Gasteiger charge is 2.28. The van der Waals surface area contributed by atoms with Crippen LogP contribution in [0, 0.1) is 13.8 Å². The Morgan fingerprint density at radius 2 is 2.04 bits per heavy atom. The van der Waals surface area contributed by atoms with Gasteiger partial charge in [0.15, 0.2) is 0 Å². The first kappa shape index (κ1) is 17.9. The summed E-state index contributed by atoms with van der Waals surface area (Å²) < 4.78 is 10.7. The van der Waals surface area contributed by atoms with Crippen molar-refractivity contribution in [3.8, 4) is 5.75 Å². The van der Waals surface area contributed by atoms with E-state index in [0.717, 1.165) is 11.4 Å². The van der Waals surface area contributed by atoms with Gasteiger partial charge in [-0.3, -0.25) is 4.79 Å². The maximum absolute atomic E-state index is 12.0. The Balaban J connectivity index is 1.90. The normalized spacial score (nSPS) is 13.2. The lowest BCUT2D eigenvalue weighted by atomic mass is 9.96. The van der Waals surface area contributed by atoms with Crippen molar-refractivity contribution in [2.45, 2.75) is 26.4 Å². The van der Waals surface area contributed by atoms with Gasteiger partial charge < -0.3 is 24.9 Å². The van der Waals surface area contributed by atoms with Gasteiger partial charge in [-0.1, -0.05) is 12.1 Å². The van der Waals surface area contributed by atoms with Crippen molar-refractivity contribution in [3.05, 3.63) is 47.4 Å². The number of aliphatic hydroxyl groups is 1. The van der Waals surface area contributed by atoms with Gasteiger partial charge in [-0.05, 0) is 39.0 Å². The molecule has 0 fully saturated rings. The lowest BCUT2D eigenvalue weighted by Gasteiger charge is -2.23. The molecule has 0 radical (unpaired) electrons. The third kappa shape index (κ3) is 4.29. The number of nitrogens with one attached hydrogen (secondary N) is 2. The number of carbonyl (C=O) groups excluding carboxylic acids is 1. The van der Waals surface area contributed by atoms with Gasteiger partial charge in [0.05, 0.1) is 25.9 Å². The molecule has 2 aromatic rings. The average Bonchev–Trinajstić information content (AvgIpc) is 2.90. The van der Waals surface area contributed by atoms with Gasteiger partial charge in [0.25, 0.3) is 0 Å². The van der Waals surface area contributed by atoms with E-state index < -0.39 is 5.60 Å². The van der Waals surface area contributed by atoms with E-state index in [4.69, 9.17) is 9.15 Å². The molecule has 0 aliphatic heterocycles. The molecule has 3 N–H and O–H groups in total. The molecule has 0 aliphatic rings. The molecule has 130 valence electrons. The molecule has 0 unspecified atom stereocenters. The van der Waals surface area contributed by atoms with E-state index >= 15 is 0 Å². The summed E-state index contributed by atoms with van der Waals surface area (Å²) in [6.45, 7) is 5.45. The SMILES string of the molecule is COc1ccccc1NCC(=O)NC[C@@](C)(O)c1cc(C)oc1C. The topological polar surface area (TPSA) is 83.7 Å². The molecule has 6 heteroatoms. The van der Waals surface area contributed by atoms with Crippen LogP contribution in [-0.2, 0) is 10.4 Å². The van der Waals surface area contributed by atoms with Crippen molar-refractivity contribution in [1.29, 1.82) is 0 Å². The highest BCUT2D eigenvalue weighted by Crippen LogP contribution is 2.26. The summed E-state index contributed by atoms with van der Waals surface area (Å²) in [6.07, 6.45) is 0. The minimum Gasteiger partial charge on any atom is -0.495 e. The number of ether oxygens (including phenoxy) is 1. The van der Waals surface area contributed by atoms with Crippen LogP contribution < -0.4 is 15.4 Å². The zero-order chi connectivity index (χ0) is 17.7. The molecular weight excluding hydrogens is 308 g/mol. The fourth-order valence-electron chi connectivity index (χ4n) is 2.56. The predicted molar refractivity (Wildman–Crippen MR) is 92.2 cm³/mol. The van der Waals surface area contributed by atoms with E-state index in [9.17, 15) is 9.90 Å². The summed E-state index contributed by atoms with van der Waals surface area (Å²) in [7, 11) is 1.58. The first-order valence-electron chi connectivity index (χ1n) is 7.77. The predicted octanol–water partition coefficient (Wildman–Crippen LogP) is 2.34. The second-order valence-electron chi connectivity index (χ2n) is 5.93. The van der Waals surface area contributed by atoms with Crippen molar-refractivity contribution in [2.75, 3.05) is 25.5 Å². The molecule has 0 saturated heterocycles. The first-order valence-corrected chi connectivity index (χ1v) is 7.77. The fraction of sp³-hybridized carbons (Fsp3) is 0.389. The number of anilines is 1. The third-order valence-electron chi connectivity index (χ3n) is 3.80. The van der Waals surface area contributed by atoms with Crippen LogP contribution in [0.15, 0.2) is 34.7 Å². The lowest BCUT2D eigenvalue weighted by molar-refractivity contribution is -0.120. The Bertz CT molecular complexity index is 707. The van der Waals surface area contributed by atoms with Gasteiger partial charge in [-0.2, -0.15) is 0 Å². The Labute approximate surface area is 141 Å². The molecule has 6 nitrogen and oxygen atoms in total. The molecule has 1 atom stereocenters. The van der Waals surface area contributed by atoms with E-state index in [0.29, 0.717) is 17.1 Å². The van der Waals surface area contributed by atoms with Crippen molar-refractivity contribution < 1.29 is 19.1 Å². The molecular formula is C18H24N2O4. The molecule has 1 heterocycles. The van der Waals surface area contributed by atoms with Gasteiger partial charge >= 0.3 is 0 Å². The molecule has 1 amide bonds. The van der Waals surface area contributed by atoms with E-state index in [2.05, 4.69) is 10.6 Å². The van der Waals surface area contributed by atoms with Crippen LogP contribution in [0.3, 0.4) is 0 Å². The van der Waals surface area contributed by atoms with Crippen molar-refractivity contribution in [2.24, 2.45) is 0 Å². The zero-order valence-corrected chi connectivity index (χ0v) is 14.5. The molecule has 0 aliphatic carbocycles. The van der Waals surface area contributed by atoms with Crippen molar-refractivity contribution in [1.82, 2.24) is 5.32 Å². The summed E-state index contributed by atoms with van der Waals surface area (Å²) in [5, 5.41) is 16.3. The number of para-hydroxylation sites is 2. The van der Waals surface area contributed by atoms with E-state index in [-0.39, 0.29) is 19.0 Å². The van der Waals surface area contributed by atoms with Gasteiger partial charge in [0.2, 0.25) is 5.91 Å². The zero-order valence-electron chi connectivity index (χ0n) is 14.5. The smallest absolute Gasteiger partial charge is 0.239 e. The van der Waals surface area contributed by atoms with E-state index in [1.807, 2.05) is 31.2 Å². The average molecular weight is 332 g/mol. The number of amides is 1. The minimum absolute atomic E-state index is 0.0832. The minimum atomic E-state index is -1.19. The van der Waals surface area contributed by atoms with Crippen LogP contribution in [0.2, 0.25) is 0 Å². The molecule has 0 bridgehead atoms. The third-order valence-corrected chi connectivity index (χ3v) is 3.80. The van der Waals surface area contributed by atoms with Crippen molar-refractivity contribution in [3.63, 3.8) is 0 Å². The highest BCUT2D eigenvalue weighted by molar-refractivity contribution is 5.81. The molecule has 2 rings (SSSR count). The number of methoxy groups -OCH3 is 1. The number of carbonyl (C=O) groups is 1. The van der Waals surface area contributed by atoms with E-state index in [1.54, 1.807) is 27.0 Å². The summed E-state index contributed by atoms with van der Waals surface area (Å²) in [4.78, 5) is 12.0. The summed E-state index contributed by atoms with van der Waals surface area (Å²) in [5.74, 6) is 1.83. The lowest BCUT2D eigenvalue weighted by Crippen LogP contribution is -2.41. The molecule has 1 aromatic carbocycles. The summed E-state index contributed by atoms with van der Waals surface area (Å²) >= 11 is 0. The Morgan fingerprint density at radius 3 is 2.67 bits per heavy atom. The largest absolute Gasteiger partial charge is 0.495 e. The van der Waals surface area contributed by atoms with E-state index in [1.165, 1.54) is 0 Å². The van der Waals surface area contributed by atoms with Gasteiger partial charge in [0.1, 0.15) is 22.9 Å². The molecule has 1 aromatic heterocycles.